The van der Waals surface area contributed by atoms with E-state index in [1.54, 1.807) is 4.68 Å². The van der Waals surface area contributed by atoms with Crippen molar-refractivity contribution in [3.8, 4) is 0 Å². The third-order valence-corrected chi connectivity index (χ3v) is 4.17. The summed E-state index contributed by atoms with van der Waals surface area (Å²) in [6, 6.07) is 8.01. The van der Waals surface area contributed by atoms with Gasteiger partial charge in [0.25, 0.3) is 0 Å². The van der Waals surface area contributed by atoms with E-state index in [2.05, 4.69) is 22.6 Å². The standard InChI is InChI=1S/C15H20N4O/c1-11-6-2-3-7-12(11)16-15(20)10-19-14-9-5-4-8-13(14)17-18-19/h4-5,8-9,11-12H,2-3,6-7,10H2,1H3,(H,16,20). The molecule has 1 saturated carbocycles. The fourth-order valence-corrected chi connectivity index (χ4v) is 2.95. The molecule has 1 fully saturated rings. The average molecular weight is 272 g/mol. The lowest BCUT2D eigenvalue weighted by Gasteiger charge is -2.29. The number of benzene rings is 1. The fourth-order valence-electron chi connectivity index (χ4n) is 2.95. The van der Waals surface area contributed by atoms with E-state index in [0.29, 0.717) is 12.0 Å². The molecule has 1 aromatic heterocycles. The largest absolute Gasteiger partial charge is 0.351 e. The molecule has 1 amide bonds. The Hall–Kier alpha value is -1.91. The zero-order valence-corrected chi connectivity index (χ0v) is 11.7. The molecule has 2 aromatic rings. The van der Waals surface area contributed by atoms with Gasteiger partial charge < -0.3 is 5.32 Å². The summed E-state index contributed by atoms with van der Waals surface area (Å²) < 4.78 is 1.66. The Morgan fingerprint density at radius 3 is 3.00 bits per heavy atom. The van der Waals surface area contributed by atoms with Gasteiger partial charge in [-0.25, -0.2) is 4.68 Å². The molecule has 0 radical (unpaired) electrons. The number of para-hydroxylation sites is 1. The second-order valence-electron chi connectivity index (χ2n) is 5.67. The molecule has 5 heteroatoms. The van der Waals surface area contributed by atoms with Gasteiger partial charge in [0.1, 0.15) is 12.1 Å². The van der Waals surface area contributed by atoms with Crippen molar-refractivity contribution in [1.82, 2.24) is 20.3 Å². The van der Waals surface area contributed by atoms with Gasteiger partial charge in [-0.2, -0.15) is 0 Å². The monoisotopic (exact) mass is 272 g/mol. The van der Waals surface area contributed by atoms with Crippen LogP contribution in [0.1, 0.15) is 32.6 Å². The van der Waals surface area contributed by atoms with Crippen LogP contribution in [0, 0.1) is 5.92 Å². The first-order valence-corrected chi connectivity index (χ1v) is 7.31. The van der Waals surface area contributed by atoms with Crippen LogP contribution in [0.3, 0.4) is 0 Å². The van der Waals surface area contributed by atoms with Gasteiger partial charge in [-0.1, -0.05) is 37.1 Å². The van der Waals surface area contributed by atoms with Crippen molar-refractivity contribution in [2.75, 3.05) is 0 Å². The van der Waals surface area contributed by atoms with Crippen molar-refractivity contribution in [3.05, 3.63) is 24.3 Å². The van der Waals surface area contributed by atoms with Gasteiger partial charge in [-0.05, 0) is 30.9 Å². The Morgan fingerprint density at radius 1 is 1.35 bits per heavy atom. The number of hydrogen-bond acceptors (Lipinski definition) is 3. The topological polar surface area (TPSA) is 59.8 Å². The molecule has 1 aliphatic carbocycles. The summed E-state index contributed by atoms with van der Waals surface area (Å²) in [5.74, 6) is 0.597. The third kappa shape index (κ3) is 2.66. The lowest BCUT2D eigenvalue weighted by Crippen LogP contribution is -2.42. The highest BCUT2D eigenvalue weighted by Crippen LogP contribution is 2.23. The summed E-state index contributed by atoms with van der Waals surface area (Å²) in [6.07, 6.45) is 4.78. The Morgan fingerprint density at radius 2 is 2.15 bits per heavy atom. The van der Waals surface area contributed by atoms with Crippen LogP contribution in [0.25, 0.3) is 11.0 Å². The number of fused-ring (bicyclic) bond motifs is 1. The van der Waals surface area contributed by atoms with Gasteiger partial charge in [0.15, 0.2) is 0 Å². The summed E-state index contributed by atoms with van der Waals surface area (Å²) in [4.78, 5) is 12.2. The van der Waals surface area contributed by atoms with E-state index in [4.69, 9.17) is 0 Å². The van der Waals surface area contributed by atoms with Crippen LogP contribution in [0.15, 0.2) is 24.3 Å². The number of aromatic nitrogens is 3. The Bertz CT molecular complexity index is 607. The van der Waals surface area contributed by atoms with Gasteiger partial charge in [0.2, 0.25) is 5.91 Å². The average Bonchev–Trinajstić information content (AvgIpc) is 2.85. The second-order valence-corrected chi connectivity index (χ2v) is 5.67. The van der Waals surface area contributed by atoms with Gasteiger partial charge in [0.05, 0.1) is 5.52 Å². The second kappa shape index (κ2) is 5.61. The van der Waals surface area contributed by atoms with E-state index in [-0.39, 0.29) is 12.5 Å². The molecular weight excluding hydrogens is 252 g/mol. The number of nitrogens with zero attached hydrogens (tertiary/aromatic N) is 3. The summed E-state index contributed by atoms with van der Waals surface area (Å²) in [5, 5.41) is 11.3. The number of hydrogen-bond donors (Lipinski definition) is 1. The molecule has 2 atom stereocenters. The number of carbonyl (C=O) groups is 1. The molecule has 0 aliphatic heterocycles. The highest BCUT2D eigenvalue weighted by molar-refractivity contribution is 5.79. The Kier molecular flexibility index (Phi) is 3.67. The summed E-state index contributed by atoms with van der Waals surface area (Å²) in [5.41, 5.74) is 1.73. The van der Waals surface area contributed by atoms with Gasteiger partial charge >= 0.3 is 0 Å². The smallest absolute Gasteiger partial charge is 0.242 e. The van der Waals surface area contributed by atoms with Crippen LogP contribution < -0.4 is 5.32 Å². The molecule has 5 nitrogen and oxygen atoms in total. The minimum Gasteiger partial charge on any atom is -0.351 e. The molecule has 1 aliphatic rings. The zero-order chi connectivity index (χ0) is 13.9. The van der Waals surface area contributed by atoms with Gasteiger partial charge in [0, 0.05) is 6.04 Å². The van der Waals surface area contributed by atoms with Crippen LogP contribution in [-0.4, -0.2) is 26.9 Å². The molecule has 0 saturated heterocycles. The molecular formula is C15H20N4O. The Balaban J connectivity index is 1.66. The van der Waals surface area contributed by atoms with E-state index < -0.39 is 0 Å². The molecule has 0 spiro atoms. The Labute approximate surface area is 118 Å². The van der Waals surface area contributed by atoms with Crippen molar-refractivity contribution in [3.63, 3.8) is 0 Å². The number of rotatable bonds is 3. The minimum absolute atomic E-state index is 0.0272. The molecule has 106 valence electrons. The molecule has 1 aromatic carbocycles. The van der Waals surface area contributed by atoms with E-state index in [0.717, 1.165) is 17.5 Å². The zero-order valence-electron chi connectivity index (χ0n) is 11.7. The lowest BCUT2D eigenvalue weighted by molar-refractivity contribution is -0.123. The van der Waals surface area contributed by atoms with Crippen LogP contribution in [0.4, 0.5) is 0 Å². The first-order chi connectivity index (χ1) is 9.74. The SMILES string of the molecule is CC1CCCCC1NC(=O)Cn1nnc2ccccc21. The fraction of sp³-hybridized carbons (Fsp3) is 0.533. The van der Waals surface area contributed by atoms with E-state index in [1.807, 2.05) is 24.3 Å². The van der Waals surface area contributed by atoms with Crippen LogP contribution in [0.5, 0.6) is 0 Å². The lowest BCUT2D eigenvalue weighted by atomic mass is 9.86. The predicted octanol–water partition coefficient (Wildman–Crippen LogP) is 2.13. The minimum atomic E-state index is 0.0272. The highest BCUT2D eigenvalue weighted by Gasteiger charge is 2.23. The maximum Gasteiger partial charge on any atom is 0.242 e. The van der Waals surface area contributed by atoms with Crippen molar-refractivity contribution in [1.29, 1.82) is 0 Å². The number of carbonyl (C=O) groups excluding carboxylic acids is 1. The highest BCUT2D eigenvalue weighted by atomic mass is 16.2. The van der Waals surface area contributed by atoms with Crippen LogP contribution >= 0.6 is 0 Å². The van der Waals surface area contributed by atoms with Crippen molar-refractivity contribution in [2.24, 2.45) is 5.92 Å². The van der Waals surface area contributed by atoms with Gasteiger partial charge in [-0.15, -0.1) is 5.10 Å². The molecule has 1 N–H and O–H groups in total. The molecule has 3 rings (SSSR count). The third-order valence-electron chi connectivity index (χ3n) is 4.17. The number of nitrogens with one attached hydrogen (secondary N) is 1. The van der Waals surface area contributed by atoms with Crippen molar-refractivity contribution >= 4 is 16.9 Å². The predicted molar refractivity (Wildman–Crippen MR) is 77.1 cm³/mol. The molecule has 0 bridgehead atoms. The first kappa shape index (κ1) is 13.1. The maximum absolute atomic E-state index is 12.2. The molecule has 1 heterocycles. The van der Waals surface area contributed by atoms with Crippen molar-refractivity contribution < 1.29 is 4.79 Å². The molecule has 2 unspecified atom stereocenters. The normalized spacial score (nSPS) is 22.9. The van der Waals surface area contributed by atoms with E-state index in [9.17, 15) is 4.79 Å². The van der Waals surface area contributed by atoms with E-state index in [1.165, 1.54) is 19.3 Å². The van der Waals surface area contributed by atoms with Crippen LogP contribution in [0.2, 0.25) is 0 Å². The maximum atomic E-state index is 12.2. The molecule has 20 heavy (non-hydrogen) atoms. The number of amides is 1. The quantitative estimate of drug-likeness (QED) is 0.931. The summed E-state index contributed by atoms with van der Waals surface area (Å²) in [6.45, 7) is 2.46. The first-order valence-electron chi connectivity index (χ1n) is 7.31. The van der Waals surface area contributed by atoms with Crippen LogP contribution in [-0.2, 0) is 11.3 Å². The summed E-state index contributed by atoms with van der Waals surface area (Å²) >= 11 is 0. The van der Waals surface area contributed by atoms with E-state index >= 15 is 0 Å². The van der Waals surface area contributed by atoms with Crippen molar-refractivity contribution in [2.45, 2.75) is 45.2 Å². The van der Waals surface area contributed by atoms with Gasteiger partial charge in [-0.3, -0.25) is 4.79 Å². The summed E-state index contributed by atoms with van der Waals surface area (Å²) in [7, 11) is 0.